The van der Waals surface area contributed by atoms with Crippen molar-refractivity contribution in [3.8, 4) is 0 Å². The number of rotatable bonds is 5. The molecule has 1 unspecified atom stereocenters. The van der Waals surface area contributed by atoms with E-state index in [0.29, 0.717) is 18.3 Å². The molecule has 3 heterocycles. The normalized spacial score (nSPS) is 18.2. The van der Waals surface area contributed by atoms with Gasteiger partial charge in [-0.25, -0.2) is 4.98 Å². The average Bonchev–Trinajstić information content (AvgIpc) is 3.03. The number of likely N-dealkylation sites (N-methyl/N-ethyl adjacent to an activating group) is 1. The van der Waals surface area contributed by atoms with Crippen molar-refractivity contribution >= 4 is 11.6 Å². The highest BCUT2D eigenvalue weighted by molar-refractivity contribution is 5.92. The second-order valence-electron chi connectivity index (χ2n) is 6.12. The summed E-state index contributed by atoms with van der Waals surface area (Å²) < 4.78 is 1.86. The first kappa shape index (κ1) is 16.0. The predicted molar refractivity (Wildman–Crippen MR) is 90.7 cm³/mol. The molecule has 124 valence electrons. The summed E-state index contributed by atoms with van der Waals surface area (Å²) in [6.45, 7) is 10.5. The minimum absolute atomic E-state index is 0.104. The van der Waals surface area contributed by atoms with E-state index in [0.717, 1.165) is 38.4 Å². The first-order chi connectivity index (χ1) is 11.2. The van der Waals surface area contributed by atoms with E-state index in [4.69, 9.17) is 0 Å². The van der Waals surface area contributed by atoms with Crippen LogP contribution in [0.4, 0.5) is 0 Å². The molecule has 1 N–H and O–H groups in total. The summed E-state index contributed by atoms with van der Waals surface area (Å²) in [7, 11) is 0. The smallest absolute Gasteiger partial charge is 0.271 e. The van der Waals surface area contributed by atoms with Crippen LogP contribution in [0.1, 0.15) is 24.3 Å². The van der Waals surface area contributed by atoms with Crippen molar-refractivity contribution in [2.75, 3.05) is 39.3 Å². The zero-order valence-corrected chi connectivity index (χ0v) is 13.9. The number of aromatic nitrogens is 2. The number of carbonyl (C=O) groups excluding carboxylic acids is 1. The van der Waals surface area contributed by atoms with Crippen molar-refractivity contribution in [1.82, 2.24) is 24.5 Å². The van der Waals surface area contributed by atoms with Crippen molar-refractivity contribution in [2.24, 2.45) is 0 Å². The Hall–Kier alpha value is -1.92. The molecular weight excluding hydrogens is 290 g/mol. The molecule has 2 aromatic heterocycles. The lowest BCUT2D eigenvalue weighted by Gasteiger charge is -2.37. The van der Waals surface area contributed by atoms with Gasteiger partial charge in [-0.2, -0.15) is 0 Å². The van der Waals surface area contributed by atoms with E-state index in [-0.39, 0.29) is 5.91 Å². The number of nitrogens with one attached hydrogen (secondary N) is 1. The first-order valence-electron chi connectivity index (χ1n) is 8.35. The van der Waals surface area contributed by atoms with Gasteiger partial charge in [-0.15, -0.1) is 0 Å². The molecule has 2 aromatic rings. The Morgan fingerprint density at radius 3 is 2.78 bits per heavy atom. The van der Waals surface area contributed by atoms with Crippen molar-refractivity contribution in [1.29, 1.82) is 0 Å². The Labute approximate surface area is 137 Å². The maximum absolute atomic E-state index is 12.3. The van der Waals surface area contributed by atoms with Crippen molar-refractivity contribution in [3.05, 3.63) is 36.3 Å². The first-order valence-corrected chi connectivity index (χ1v) is 8.35. The van der Waals surface area contributed by atoms with Crippen LogP contribution in [0.2, 0.25) is 0 Å². The molecule has 0 aromatic carbocycles. The molecule has 3 rings (SSSR count). The van der Waals surface area contributed by atoms with E-state index in [2.05, 4.69) is 33.9 Å². The van der Waals surface area contributed by atoms with Gasteiger partial charge in [0.2, 0.25) is 0 Å². The summed E-state index contributed by atoms with van der Waals surface area (Å²) in [5.41, 5.74) is 1.26. The zero-order valence-electron chi connectivity index (χ0n) is 13.9. The third-order valence-electron chi connectivity index (χ3n) is 4.63. The molecular formula is C17H25N5O. The van der Waals surface area contributed by atoms with Crippen LogP contribution in [-0.2, 0) is 0 Å². The molecule has 6 nitrogen and oxygen atoms in total. The molecule has 1 atom stereocenters. The van der Waals surface area contributed by atoms with Crippen molar-refractivity contribution < 1.29 is 4.79 Å². The Balaban J connectivity index is 1.52. The monoisotopic (exact) mass is 315 g/mol. The van der Waals surface area contributed by atoms with Crippen LogP contribution in [-0.4, -0.2) is 70.4 Å². The van der Waals surface area contributed by atoms with Crippen LogP contribution < -0.4 is 5.32 Å². The number of hydrogen-bond donors (Lipinski definition) is 1. The van der Waals surface area contributed by atoms with Crippen LogP contribution in [0.15, 0.2) is 30.6 Å². The van der Waals surface area contributed by atoms with Gasteiger partial charge in [-0.3, -0.25) is 9.69 Å². The van der Waals surface area contributed by atoms with Gasteiger partial charge in [0.05, 0.1) is 0 Å². The maximum atomic E-state index is 12.3. The molecule has 0 saturated carbocycles. The summed E-state index contributed by atoms with van der Waals surface area (Å²) in [5.74, 6) is -0.104. The number of carbonyl (C=O) groups is 1. The maximum Gasteiger partial charge on any atom is 0.271 e. The van der Waals surface area contributed by atoms with Crippen LogP contribution in [0.5, 0.6) is 0 Å². The van der Waals surface area contributed by atoms with E-state index in [9.17, 15) is 4.79 Å². The third kappa shape index (κ3) is 3.71. The zero-order chi connectivity index (χ0) is 16.2. The summed E-state index contributed by atoms with van der Waals surface area (Å²) in [6.07, 6.45) is 3.67. The number of fused-ring (bicyclic) bond motifs is 1. The third-order valence-corrected chi connectivity index (χ3v) is 4.63. The van der Waals surface area contributed by atoms with Gasteiger partial charge in [-0.05, 0) is 25.6 Å². The number of pyridine rings is 1. The van der Waals surface area contributed by atoms with Crippen LogP contribution in [0, 0.1) is 0 Å². The SMILES string of the molecule is CCN1CCN(C(C)CNC(=O)c2cn3ccccc3n2)CC1. The highest BCUT2D eigenvalue weighted by Crippen LogP contribution is 2.07. The van der Waals surface area contributed by atoms with Gasteiger partial charge >= 0.3 is 0 Å². The Morgan fingerprint density at radius 1 is 1.30 bits per heavy atom. The highest BCUT2D eigenvalue weighted by atomic mass is 16.1. The molecule has 0 spiro atoms. The van der Waals surface area contributed by atoms with Gasteiger partial charge in [0.1, 0.15) is 11.3 Å². The van der Waals surface area contributed by atoms with Gasteiger partial charge in [0.25, 0.3) is 5.91 Å². The minimum atomic E-state index is -0.104. The van der Waals surface area contributed by atoms with Gasteiger partial charge < -0.3 is 14.6 Å². The lowest BCUT2D eigenvalue weighted by Crippen LogP contribution is -2.52. The second kappa shape index (κ2) is 7.10. The van der Waals surface area contributed by atoms with E-state index in [1.807, 2.05) is 28.8 Å². The van der Waals surface area contributed by atoms with E-state index < -0.39 is 0 Å². The van der Waals surface area contributed by atoms with E-state index >= 15 is 0 Å². The molecule has 1 saturated heterocycles. The number of nitrogens with zero attached hydrogens (tertiary/aromatic N) is 4. The quantitative estimate of drug-likeness (QED) is 0.897. The molecule has 1 aliphatic heterocycles. The average molecular weight is 315 g/mol. The van der Waals surface area contributed by atoms with Crippen molar-refractivity contribution in [3.63, 3.8) is 0 Å². The Morgan fingerprint density at radius 2 is 2.09 bits per heavy atom. The summed E-state index contributed by atoms with van der Waals surface area (Å²) in [5, 5.41) is 3.01. The number of hydrogen-bond acceptors (Lipinski definition) is 4. The van der Waals surface area contributed by atoms with Gasteiger partial charge in [-0.1, -0.05) is 13.0 Å². The Bertz CT molecular complexity index is 627. The molecule has 1 aliphatic rings. The summed E-state index contributed by atoms with van der Waals surface area (Å²) in [6, 6.07) is 6.08. The fraction of sp³-hybridized carbons (Fsp3) is 0.529. The van der Waals surface area contributed by atoms with Crippen molar-refractivity contribution in [2.45, 2.75) is 19.9 Å². The standard InChI is InChI=1S/C17H25N5O/c1-3-20-8-10-21(11-9-20)14(2)12-18-17(23)15-13-22-7-5-4-6-16(22)19-15/h4-7,13-14H,3,8-12H2,1-2H3,(H,18,23). The lowest BCUT2D eigenvalue weighted by molar-refractivity contribution is 0.0879. The Kier molecular flexibility index (Phi) is 4.93. The predicted octanol–water partition coefficient (Wildman–Crippen LogP) is 1.09. The van der Waals surface area contributed by atoms with Gasteiger partial charge in [0, 0.05) is 51.2 Å². The second-order valence-corrected chi connectivity index (χ2v) is 6.12. The topological polar surface area (TPSA) is 52.9 Å². The molecule has 0 bridgehead atoms. The van der Waals surface area contributed by atoms with E-state index in [1.165, 1.54) is 0 Å². The molecule has 6 heteroatoms. The fourth-order valence-corrected chi connectivity index (χ4v) is 3.02. The number of imidazole rings is 1. The highest BCUT2D eigenvalue weighted by Gasteiger charge is 2.21. The fourth-order valence-electron chi connectivity index (χ4n) is 3.02. The van der Waals surface area contributed by atoms with Crippen LogP contribution in [0.25, 0.3) is 5.65 Å². The van der Waals surface area contributed by atoms with Gasteiger partial charge in [0.15, 0.2) is 0 Å². The van der Waals surface area contributed by atoms with E-state index in [1.54, 1.807) is 6.20 Å². The molecule has 0 aliphatic carbocycles. The number of piperazine rings is 1. The largest absolute Gasteiger partial charge is 0.349 e. The number of amides is 1. The molecule has 1 amide bonds. The molecule has 0 radical (unpaired) electrons. The minimum Gasteiger partial charge on any atom is -0.349 e. The molecule has 1 fully saturated rings. The summed E-state index contributed by atoms with van der Waals surface area (Å²) >= 11 is 0. The van der Waals surface area contributed by atoms with Crippen LogP contribution >= 0.6 is 0 Å². The lowest BCUT2D eigenvalue weighted by atomic mass is 10.2. The van der Waals surface area contributed by atoms with Crippen LogP contribution in [0.3, 0.4) is 0 Å². The molecule has 23 heavy (non-hydrogen) atoms. The summed E-state index contributed by atoms with van der Waals surface area (Å²) in [4.78, 5) is 21.5.